The molecule has 0 radical (unpaired) electrons. The molecule has 4 nitrogen and oxygen atoms in total. The standard InChI is InChI=1S/C16H20N2O2/c1-14-2-4-15(5-3-14)12-16(19-10-11-20-16)6-8-18-9-7-17-13-18/h2-5,7,9,13H,6,8,10-12H2,1H3. The van der Waals surface area contributed by atoms with Crippen LogP contribution in [0, 0.1) is 6.92 Å². The van der Waals surface area contributed by atoms with Crippen molar-refractivity contribution in [3.05, 3.63) is 54.1 Å². The van der Waals surface area contributed by atoms with Crippen molar-refractivity contribution in [1.29, 1.82) is 0 Å². The number of aromatic nitrogens is 2. The molecule has 1 aliphatic rings. The Labute approximate surface area is 119 Å². The number of rotatable bonds is 5. The Kier molecular flexibility index (Phi) is 3.85. The topological polar surface area (TPSA) is 36.3 Å². The highest BCUT2D eigenvalue weighted by Gasteiger charge is 2.36. The molecule has 0 spiro atoms. The minimum Gasteiger partial charge on any atom is -0.347 e. The lowest BCUT2D eigenvalue weighted by atomic mass is 10.0. The van der Waals surface area contributed by atoms with Gasteiger partial charge < -0.3 is 14.0 Å². The van der Waals surface area contributed by atoms with Gasteiger partial charge in [-0.3, -0.25) is 0 Å². The van der Waals surface area contributed by atoms with Crippen LogP contribution in [0.25, 0.3) is 0 Å². The van der Waals surface area contributed by atoms with Crippen molar-refractivity contribution in [3.8, 4) is 0 Å². The molecule has 1 aliphatic heterocycles. The average molecular weight is 272 g/mol. The molecule has 1 fully saturated rings. The van der Waals surface area contributed by atoms with Crippen LogP contribution in [-0.2, 0) is 22.4 Å². The molecule has 0 aliphatic carbocycles. The summed E-state index contributed by atoms with van der Waals surface area (Å²) >= 11 is 0. The van der Waals surface area contributed by atoms with Gasteiger partial charge in [0.1, 0.15) is 0 Å². The molecular formula is C16H20N2O2. The lowest BCUT2D eigenvalue weighted by Crippen LogP contribution is -2.34. The normalized spacial score (nSPS) is 17.4. The summed E-state index contributed by atoms with van der Waals surface area (Å²) in [6, 6.07) is 8.57. The largest absolute Gasteiger partial charge is 0.347 e. The van der Waals surface area contributed by atoms with Crippen molar-refractivity contribution >= 4 is 0 Å². The van der Waals surface area contributed by atoms with Crippen molar-refractivity contribution < 1.29 is 9.47 Å². The monoisotopic (exact) mass is 272 g/mol. The second-order valence-electron chi connectivity index (χ2n) is 5.32. The highest BCUT2D eigenvalue weighted by atomic mass is 16.7. The van der Waals surface area contributed by atoms with E-state index in [2.05, 4.69) is 40.7 Å². The van der Waals surface area contributed by atoms with Gasteiger partial charge in [-0.05, 0) is 12.5 Å². The van der Waals surface area contributed by atoms with Crippen molar-refractivity contribution in [3.63, 3.8) is 0 Å². The summed E-state index contributed by atoms with van der Waals surface area (Å²) in [6.45, 7) is 4.30. The Hall–Kier alpha value is -1.65. The summed E-state index contributed by atoms with van der Waals surface area (Å²) in [6.07, 6.45) is 7.21. The smallest absolute Gasteiger partial charge is 0.174 e. The van der Waals surface area contributed by atoms with Crippen LogP contribution in [0.2, 0.25) is 0 Å². The van der Waals surface area contributed by atoms with E-state index >= 15 is 0 Å². The second kappa shape index (κ2) is 5.77. The third kappa shape index (κ3) is 3.08. The fourth-order valence-corrected chi connectivity index (χ4v) is 2.57. The van der Waals surface area contributed by atoms with Gasteiger partial charge in [0.05, 0.1) is 19.5 Å². The number of hydrogen-bond donors (Lipinski definition) is 0. The third-order valence-electron chi connectivity index (χ3n) is 3.72. The fraction of sp³-hybridized carbons (Fsp3) is 0.438. The van der Waals surface area contributed by atoms with Gasteiger partial charge in [-0.25, -0.2) is 4.98 Å². The molecule has 0 saturated carbocycles. The van der Waals surface area contributed by atoms with Crippen LogP contribution in [0.15, 0.2) is 43.0 Å². The lowest BCUT2D eigenvalue weighted by molar-refractivity contribution is -0.162. The van der Waals surface area contributed by atoms with Crippen molar-refractivity contribution in [1.82, 2.24) is 9.55 Å². The van der Waals surface area contributed by atoms with E-state index in [0.29, 0.717) is 13.2 Å². The first-order valence-corrected chi connectivity index (χ1v) is 7.05. The molecule has 3 rings (SSSR count). The molecular weight excluding hydrogens is 252 g/mol. The Morgan fingerprint density at radius 2 is 1.95 bits per heavy atom. The summed E-state index contributed by atoms with van der Waals surface area (Å²) in [5, 5.41) is 0. The first-order chi connectivity index (χ1) is 9.76. The molecule has 20 heavy (non-hydrogen) atoms. The number of aryl methyl sites for hydroxylation is 2. The summed E-state index contributed by atoms with van der Waals surface area (Å²) in [5.74, 6) is -0.487. The Morgan fingerprint density at radius 3 is 2.60 bits per heavy atom. The minimum absolute atomic E-state index is 0.487. The minimum atomic E-state index is -0.487. The SMILES string of the molecule is Cc1ccc(CC2(CCn3ccnc3)OCCO2)cc1. The van der Waals surface area contributed by atoms with Gasteiger partial charge in [0.25, 0.3) is 0 Å². The van der Waals surface area contributed by atoms with E-state index in [1.54, 1.807) is 6.20 Å². The van der Waals surface area contributed by atoms with Crippen LogP contribution in [0.1, 0.15) is 17.5 Å². The second-order valence-corrected chi connectivity index (χ2v) is 5.32. The zero-order valence-electron chi connectivity index (χ0n) is 11.8. The number of imidazole rings is 1. The summed E-state index contributed by atoms with van der Waals surface area (Å²) in [7, 11) is 0. The van der Waals surface area contributed by atoms with Gasteiger partial charge in [0, 0.05) is 31.8 Å². The van der Waals surface area contributed by atoms with Crippen molar-refractivity contribution in [2.45, 2.75) is 32.1 Å². The Morgan fingerprint density at radius 1 is 1.20 bits per heavy atom. The number of benzene rings is 1. The molecule has 0 bridgehead atoms. The highest BCUT2D eigenvalue weighted by molar-refractivity contribution is 5.22. The van der Waals surface area contributed by atoms with Gasteiger partial charge in [0.2, 0.25) is 0 Å². The molecule has 2 heterocycles. The van der Waals surface area contributed by atoms with Gasteiger partial charge >= 0.3 is 0 Å². The maximum atomic E-state index is 5.92. The van der Waals surface area contributed by atoms with E-state index in [0.717, 1.165) is 19.4 Å². The van der Waals surface area contributed by atoms with E-state index in [1.807, 2.05) is 12.5 Å². The van der Waals surface area contributed by atoms with Crippen LogP contribution >= 0.6 is 0 Å². The van der Waals surface area contributed by atoms with E-state index in [9.17, 15) is 0 Å². The van der Waals surface area contributed by atoms with Crippen molar-refractivity contribution in [2.75, 3.05) is 13.2 Å². The number of ether oxygens (including phenoxy) is 2. The Balaban J connectivity index is 1.69. The molecule has 0 unspecified atom stereocenters. The van der Waals surface area contributed by atoms with E-state index in [-0.39, 0.29) is 0 Å². The zero-order chi connectivity index (χ0) is 13.8. The molecule has 0 amide bonds. The van der Waals surface area contributed by atoms with E-state index < -0.39 is 5.79 Å². The predicted molar refractivity (Wildman–Crippen MR) is 76.4 cm³/mol. The zero-order valence-corrected chi connectivity index (χ0v) is 11.8. The highest BCUT2D eigenvalue weighted by Crippen LogP contribution is 2.28. The van der Waals surface area contributed by atoms with Gasteiger partial charge in [-0.1, -0.05) is 29.8 Å². The summed E-state index contributed by atoms with van der Waals surface area (Å²) in [5.41, 5.74) is 2.53. The summed E-state index contributed by atoms with van der Waals surface area (Å²) < 4.78 is 13.9. The molecule has 0 atom stereocenters. The number of nitrogens with zero attached hydrogens (tertiary/aromatic N) is 2. The fourth-order valence-electron chi connectivity index (χ4n) is 2.57. The molecule has 0 N–H and O–H groups in total. The van der Waals surface area contributed by atoms with Crippen LogP contribution in [-0.4, -0.2) is 28.6 Å². The molecule has 1 aromatic heterocycles. The quantitative estimate of drug-likeness (QED) is 0.839. The maximum Gasteiger partial charge on any atom is 0.174 e. The van der Waals surface area contributed by atoms with Gasteiger partial charge in [0.15, 0.2) is 5.79 Å². The molecule has 2 aromatic rings. The van der Waals surface area contributed by atoms with Crippen molar-refractivity contribution in [2.24, 2.45) is 0 Å². The maximum absolute atomic E-state index is 5.92. The molecule has 106 valence electrons. The molecule has 4 heteroatoms. The van der Waals surface area contributed by atoms with Crippen LogP contribution in [0.3, 0.4) is 0 Å². The van der Waals surface area contributed by atoms with Gasteiger partial charge in [-0.15, -0.1) is 0 Å². The first-order valence-electron chi connectivity index (χ1n) is 7.05. The molecule has 1 aromatic carbocycles. The van der Waals surface area contributed by atoms with Gasteiger partial charge in [-0.2, -0.15) is 0 Å². The molecule has 1 saturated heterocycles. The predicted octanol–water partition coefficient (Wildman–Crippen LogP) is 2.57. The average Bonchev–Trinajstić information content (AvgIpc) is 3.11. The number of hydrogen-bond acceptors (Lipinski definition) is 3. The van der Waals surface area contributed by atoms with Crippen LogP contribution in [0.5, 0.6) is 0 Å². The van der Waals surface area contributed by atoms with E-state index in [1.165, 1.54) is 11.1 Å². The summed E-state index contributed by atoms with van der Waals surface area (Å²) in [4.78, 5) is 4.07. The first kappa shape index (κ1) is 13.3. The van der Waals surface area contributed by atoms with Crippen LogP contribution in [0.4, 0.5) is 0 Å². The third-order valence-corrected chi connectivity index (χ3v) is 3.72. The van der Waals surface area contributed by atoms with E-state index in [4.69, 9.17) is 9.47 Å². The van der Waals surface area contributed by atoms with Crippen LogP contribution < -0.4 is 0 Å². The lowest BCUT2D eigenvalue weighted by Gasteiger charge is -2.27. The Bertz CT molecular complexity index is 528.